The molecule has 204 valence electrons. The fraction of sp³-hybridized carbons (Fsp3) is 0.407. The van der Waals surface area contributed by atoms with Crippen molar-refractivity contribution in [1.29, 1.82) is 0 Å². The van der Waals surface area contributed by atoms with Crippen LogP contribution in [-0.2, 0) is 19.3 Å². The maximum atomic E-state index is 13.2. The Labute approximate surface area is 222 Å². The van der Waals surface area contributed by atoms with Crippen LogP contribution in [0.5, 0.6) is 5.88 Å². The van der Waals surface area contributed by atoms with Crippen molar-refractivity contribution in [2.45, 2.75) is 56.9 Å². The van der Waals surface area contributed by atoms with Crippen LogP contribution in [0.1, 0.15) is 54.7 Å². The SMILES string of the molecule is COc1ncnc(C2CC2)c1-c1cc2n(n1)CCCC2Nc1ccc(-c2nc(C(F)(F)F)cn2CCF)cc1. The van der Waals surface area contributed by atoms with Crippen LogP contribution >= 0.6 is 0 Å². The van der Waals surface area contributed by atoms with Gasteiger partial charge in [0.1, 0.15) is 18.8 Å². The van der Waals surface area contributed by atoms with Crippen molar-refractivity contribution < 1.29 is 22.3 Å². The van der Waals surface area contributed by atoms with Crippen molar-refractivity contribution in [1.82, 2.24) is 29.3 Å². The van der Waals surface area contributed by atoms with Crippen LogP contribution in [0.25, 0.3) is 22.6 Å². The number of nitrogens with zero attached hydrogens (tertiary/aromatic N) is 6. The van der Waals surface area contributed by atoms with E-state index < -0.39 is 18.5 Å². The number of hydrogen-bond acceptors (Lipinski definition) is 6. The molecule has 1 aliphatic heterocycles. The summed E-state index contributed by atoms with van der Waals surface area (Å²) in [5.41, 5.74) is 3.87. The second kappa shape index (κ2) is 9.97. The smallest absolute Gasteiger partial charge is 0.434 e. The van der Waals surface area contributed by atoms with Crippen molar-refractivity contribution in [3.05, 3.63) is 59.9 Å². The zero-order valence-electron chi connectivity index (χ0n) is 21.2. The molecule has 1 unspecified atom stereocenters. The summed E-state index contributed by atoms with van der Waals surface area (Å²) >= 11 is 0. The number of anilines is 1. The van der Waals surface area contributed by atoms with Gasteiger partial charge < -0.3 is 14.6 Å². The van der Waals surface area contributed by atoms with Crippen molar-refractivity contribution in [3.8, 4) is 28.5 Å². The first-order valence-corrected chi connectivity index (χ1v) is 12.9. The number of imidazole rings is 1. The number of halogens is 4. The standard InChI is InChI=1S/C27H27F4N7O/c1-39-26-23(24(16-4-5-16)32-15-33-26)20-13-21-19(3-2-11-38(21)36-20)34-18-8-6-17(7-9-18)25-35-22(27(29,30)31)14-37(25)12-10-28/h6-9,13-16,19,34H,2-5,10-12H2,1H3. The molecule has 1 atom stereocenters. The molecule has 0 bridgehead atoms. The second-order valence-electron chi connectivity index (χ2n) is 9.84. The van der Waals surface area contributed by atoms with Gasteiger partial charge in [-0.1, -0.05) is 0 Å². The summed E-state index contributed by atoms with van der Waals surface area (Å²) in [6.07, 6.45) is 1.79. The lowest BCUT2D eigenvalue weighted by molar-refractivity contribution is -0.140. The monoisotopic (exact) mass is 541 g/mol. The number of nitrogens with one attached hydrogen (secondary N) is 1. The first kappa shape index (κ1) is 25.3. The molecule has 8 nitrogen and oxygen atoms in total. The van der Waals surface area contributed by atoms with Crippen LogP contribution in [0.2, 0.25) is 0 Å². The molecule has 12 heteroatoms. The van der Waals surface area contributed by atoms with Crippen LogP contribution < -0.4 is 10.1 Å². The molecule has 0 radical (unpaired) electrons. The number of aromatic nitrogens is 6. The highest BCUT2D eigenvalue weighted by molar-refractivity contribution is 5.69. The van der Waals surface area contributed by atoms with E-state index in [4.69, 9.17) is 9.84 Å². The average molecular weight is 542 g/mol. The molecule has 0 saturated heterocycles. The Kier molecular flexibility index (Phi) is 6.48. The number of fused-ring (bicyclic) bond motifs is 1. The Morgan fingerprint density at radius 2 is 1.90 bits per heavy atom. The van der Waals surface area contributed by atoms with Gasteiger partial charge in [0.15, 0.2) is 5.69 Å². The number of aryl methyl sites for hydroxylation is 2. The summed E-state index contributed by atoms with van der Waals surface area (Å²) in [4.78, 5) is 12.6. The van der Waals surface area contributed by atoms with Gasteiger partial charge in [-0.15, -0.1) is 0 Å². The lowest BCUT2D eigenvalue weighted by Gasteiger charge is -2.25. The molecular weight excluding hydrogens is 514 g/mol. The van der Waals surface area contributed by atoms with E-state index in [9.17, 15) is 17.6 Å². The Bertz CT molecular complexity index is 1470. The van der Waals surface area contributed by atoms with E-state index in [1.54, 1.807) is 31.4 Å². The topological polar surface area (TPSA) is 82.7 Å². The second-order valence-corrected chi connectivity index (χ2v) is 9.84. The number of alkyl halides is 4. The summed E-state index contributed by atoms with van der Waals surface area (Å²) in [6.45, 7) is -0.201. The minimum Gasteiger partial charge on any atom is -0.480 e. The summed E-state index contributed by atoms with van der Waals surface area (Å²) in [5, 5.41) is 8.42. The molecule has 0 spiro atoms. The molecule has 39 heavy (non-hydrogen) atoms. The summed E-state index contributed by atoms with van der Waals surface area (Å²) in [7, 11) is 1.60. The molecule has 1 fully saturated rings. The van der Waals surface area contributed by atoms with Gasteiger partial charge in [-0.25, -0.2) is 19.3 Å². The van der Waals surface area contributed by atoms with E-state index in [0.717, 1.165) is 66.8 Å². The Balaban J connectivity index is 1.26. The number of rotatable bonds is 8. The third-order valence-corrected chi connectivity index (χ3v) is 7.16. The van der Waals surface area contributed by atoms with E-state index in [2.05, 4.69) is 26.3 Å². The molecule has 3 aromatic heterocycles. The molecule has 4 aromatic rings. The highest BCUT2D eigenvalue weighted by atomic mass is 19.4. The predicted molar refractivity (Wildman–Crippen MR) is 136 cm³/mol. The quantitative estimate of drug-likeness (QED) is 0.275. The molecule has 0 amide bonds. The van der Waals surface area contributed by atoms with Crippen LogP contribution in [0, 0.1) is 0 Å². The van der Waals surface area contributed by atoms with Gasteiger partial charge in [-0.2, -0.15) is 18.3 Å². The zero-order chi connectivity index (χ0) is 27.1. The Morgan fingerprint density at radius 1 is 1.10 bits per heavy atom. The minimum atomic E-state index is -4.60. The van der Waals surface area contributed by atoms with Gasteiger partial charge in [-0.05, 0) is 56.0 Å². The van der Waals surface area contributed by atoms with E-state index >= 15 is 0 Å². The number of benzene rings is 1. The maximum absolute atomic E-state index is 13.2. The van der Waals surface area contributed by atoms with Gasteiger partial charge in [0.25, 0.3) is 0 Å². The number of methoxy groups -OCH3 is 1. The number of hydrogen-bond donors (Lipinski definition) is 1. The summed E-state index contributed by atoms with van der Waals surface area (Å²) in [5.74, 6) is 0.996. The Hall–Kier alpha value is -3.96. The fourth-order valence-corrected chi connectivity index (χ4v) is 5.16. The first-order chi connectivity index (χ1) is 18.9. The first-order valence-electron chi connectivity index (χ1n) is 12.9. The molecular formula is C27H27F4N7O. The lowest BCUT2D eigenvalue weighted by atomic mass is 10.0. The molecule has 1 saturated carbocycles. The fourth-order valence-electron chi connectivity index (χ4n) is 5.16. The van der Waals surface area contributed by atoms with Gasteiger partial charge >= 0.3 is 6.18 Å². The molecule has 1 N–H and O–H groups in total. The third kappa shape index (κ3) is 4.95. The predicted octanol–water partition coefficient (Wildman–Crippen LogP) is 6.02. The van der Waals surface area contributed by atoms with Crippen molar-refractivity contribution in [3.63, 3.8) is 0 Å². The molecule has 1 aliphatic carbocycles. The van der Waals surface area contributed by atoms with Crippen molar-refractivity contribution in [2.75, 3.05) is 19.1 Å². The molecule has 4 heterocycles. The molecule has 2 aliphatic rings. The van der Waals surface area contributed by atoms with Gasteiger partial charge in [0.2, 0.25) is 5.88 Å². The van der Waals surface area contributed by atoms with E-state index in [1.807, 2.05) is 4.68 Å². The molecule has 6 rings (SSSR count). The van der Waals surface area contributed by atoms with E-state index in [-0.39, 0.29) is 18.4 Å². The van der Waals surface area contributed by atoms with E-state index in [1.165, 1.54) is 10.9 Å². The molecule has 1 aromatic carbocycles. The van der Waals surface area contributed by atoms with Gasteiger partial charge in [-0.3, -0.25) is 4.68 Å². The zero-order valence-corrected chi connectivity index (χ0v) is 21.2. The van der Waals surface area contributed by atoms with Gasteiger partial charge in [0.05, 0.1) is 42.3 Å². The van der Waals surface area contributed by atoms with Crippen LogP contribution in [0.4, 0.5) is 23.2 Å². The van der Waals surface area contributed by atoms with Crippen molar-refractivity contribution >= 4 is 5.69 Å². The normalized spacial score (nSPS) is 17.2. The summed E-state index contributed by atoms with van der Waals surface area (Å²) in [6, 6.07) is 9.03. The van der Waals surface area contributed by atoms with Gasteiger partial charge in [0, 0.05) is 29.9 Å². The third-order valence-electron chi connectivity index (χ3n) is 7.16. The number of ether oxygens (including phenoxy) is 1. The van der Waals surface area contributed by atoms with Crippen LogP contribution in [0.15, 0.2) is 42.9 Å². The van der Waals surface area contributed by atoms with Crippen LogP contribution in [0.3, 0.4) is 0 Å². The minimum absolute atomic E-state index is 0.0174. The largest absolute Gasteiger partial charge is 0.480 e. The van der Waals surface area contributed by atoms with E-state index in [0.29, 0.717) is 17.4 Å². The summed E-state index contributed by atoms with van der Waals surface area (Å²) < 4.78 is 61.3. The lowest BCUT2D eigenvalue weighted by Crippen LogP contribution is -2.21. The van der Waals surface area contributed by atoms with Crippen molar-refractivity contribution in [2.24, 2.45) is 0 Å². The highest BCUT2D eigenvalue weighted by Gasteiger charge is 2.35. The maximum Gasteiger partial charge on any atom is 0.434 e. The highest BCUT2D eigenvalue weighted by Crippen LogP contribution is 2.46. The Morgan fingerprint density at radius 3 is 2.59 bits per heavy atom. The van der Waals surface area contributed by atoms with Crippen LogP contribution in [-0.4, -0.2) is 43.1 Å². The average Bonchev–Trinajstić information content (AvgIpc) is 3.53.